The Balaban J connectivity index is 1.59. The van der Waals surface area contributed by atoms with Crippen molar-refractivity contribution in [3.8, 4) is 11.5 Å². The van der Waals surface area contributed by atoms with Crippen molar-refractivity contribution in [1.29, 1.82) is 0 Å². The van der Waals surface area contributed by atoms with Crippen molar-refractivity contribution in [1.82, 2.24) is 15.0 Å². The summed E-state index contributed by atoms with van der Waals surface area (Å²) in [5.41, 5.74) is 2.09. The molecule has 2 aromatic carbocycles. The van der Waals surface area contributed by atoms with E-state index in [0.717, 1.165) is 15.6 Å². The Hall–Kier alpha value is -2.20. The fourth-order valence-electron chi connectivity index (χ4n) is 3.32. The monoisotopic (exact) mass is 555 g/mol. The highest BCUT2D eigenvalue weighted by molar-refractivity contribution is 9.10. The number of aliphatic hydroxyl groups is 2. The molecule has 0 bridgehead atoms. The van der Waals surface area contributed by atoms with Crippen LogP contribution in [-0.2, 0) is 18.6 Å². The van der Waals surface area contributed by atoms with Gasteiger partial charge in [0, 0.05) is 5.41 Å². The molecule has 3 rings (SSSR count). The first-order chi connectivity index (χ1) is 16.2. The lowest BCUT2D eigenvalue weighted by atomic mass is 9.78. The van der Waals surface area contributed by atoms with Crippen molar-refractivity contribution in [2.75, 3.05) is 19.1 Å². The van der Waals surface area contributed by atoms with Crippen molar-refractivity contribution in [3.63, 3.8) is 0 Å². The molecule has 34 heavy (non-hydrogen) atoms. The molecule has 0 fully saturated rings. The summed E-state index contributed by atoms with van der Waals surface area (Å²) in [6.45, 7) is 3.91. The summed E-state index contributed by atoms with van der Waals surface area (Å²) in [6.07, 6.45) is -0.0717. The minimum atomic E-state index is -0.811. The van der Waals surface area contributed by atoms with E-state index >= 15 is 0 Å². The number of aromatic nitrogens is 3. The zero-order valence-corrected chi connectivity index (χ0v) is 21.3. The molecule has 184 valence electrons. The van der Waals surface area contributed by atoms with Crippen molar-refractivity contribution < 1.29 is 24.1 Å². The SMILES string of the molecule is CC(C)(c1ccc(OC[C@@H](O)Cn2cc(CF)nn2)cc1)c1ccc(OC[C@H](O)CCl)c(Br)c1. The molecule has 0 saturated carbocycles. The van der Waals surface area contributed by atoms with E-state index in [4.69, 9.17) is 21.1 Å². The van der Waals surface area contributed by atoms with Crippen molar-refractivity contribution in [2.24, 2.45) is 0 Å². The van der Waals surface area contributed by atoms with Gasteiger partial charge in [0.05, 0.1) is 23.1 Å². The maximum absolute atomic E-state index is 12.6. The second kappa shape index (κ2) is 12.0. The maximum atomic E-state index is 12.6. The van der Waals surface area contributed by atoms with Crippen LogP contribution in [0.15, 0.2) is 53.1 Å². The van der Waals surface area contributed by atoms with Gasteiger partial charge in [0.1, 0.15) is 49.3 Å². The Morgan fingerprint density at radius 3 is 2.35 bits per heavy atom. The highest BCUT2D eigenvalue weighted by Gasteiger charge is 2.24. The molecule has 0 aliphatic heterocycles. The summed E-state index contributed by atoms with van der Waals surface area (Å²) in [4.78, 5) is 0. The summed E-state index contributed by atoms with van der Waals surface area (Å²) in [6, 6.07) is 13.6. The molecule has 0 radical (unpaired) electrons. The summed E-state index contributed by atoms with van der Waals surface area (Å²) in [5, 5.41) is 27.2. The summed E-state index contributed by atoms with van der Waals surface area (Å²) in [5.74, 6) is 1.38. The topological polar surface area (TPSA) is 89.6 Å². The minimum absolute atomic E-state index is 0.0698. The number of halogens is 3. The first-order valence-electron chi connectivity index (χ1n) is 10.8. The number of nitrogens with zero attached hydrogens (tertiary/aromatic N) is 3. The average Bonchev–Trinajstić information content (AvgIpc) is 3.29. The number of rotatable bonds is 12. The van der Waals surface area contributed by atoms with Gasteiger partial charge in [-0.05, 0) is 51.3 Å². The molecule has 0 aliphatic carbocycles. The van der Waals surface area contributed by atoms with Crippen LogP contribution in [0.5, 0.6) is 11.5 Å². The zero-order valence-electron chi connectivity index (χ0n) is 19.0. The minimum Gasteiger partial charge on any atom is -0.491 e. The largest absolute Gasteiger partial charge is 0.491 e. The van der Waals surface area contributed by atoms with Crippen molar-refractivity contribution in [3.05, 3.63) is 70.0 Å². The van der Waals surface area contributed by atoms with Crippen LogP contribution in [0.25, 0.3) is 0 Å². The van der Waals surface area contributed by atoms with Crippen LogP contribution in [0, 0.1) is 0 Å². The molecule has 10 heteroatoms. The Morgan fingerprint density at radius 1 is 1.06 bits per heavy atom. The zero-order chi connectivity index (χ0) is 24.7. The molecule has 2 atom stereocenters. The Kier molecular flexibility index (Phi) is 9.30. The van der Waals surface area contributed by atoms with Crippen LogP contribution in [0.4, 0.5) is 4.39 Å². The summed E-state index contributed by atoms with van der Waals surface area (Å²) >= 11 is 9.16. The molecule has 0 amide bonds. The average molecular weight is 557 g/mol. The van der Waals surface area contributed by atoms with Crippen molar-refractivity contribution in [2.45, 2.75) is 44.7 Å². The number of hydrogen-bond acceptors (Lipinski definition) is 6. The van der Waals surface area contributed by atoms with Crippen LogP contribution in [0.3, 0.4) is 0 Å². The van der Waals surface area contributed by atoms with E-state index in [2.05, 4.69) is 40.1 Å². The number of aliphatic hydroxyl groups excluding tert-OH is 2. The first kappa shape index (κ1) is 26.4. The van der Waals surface area contributed by atoms with E-state index in [9.17, 15) is 14.6 Å². The molecule has 2 N–H and O–H groups in total. The third-order valence-corrected chi connectivity index (χ3v) is 6.38. The highest BCUT2D eigenvalue weighted by atomic mass is 79.9. The molecule has 0 aliphatic rings. The van der Waals surface area contributed by atoms with E-state index in [1.807, 2.05) is 42.5 Å². The highest BCUT2D eigenvalue weighted by Crippen LogP contribution is 2.36. The first-order valence-corrected chi connectivity index (χ1v) is 12.1. The molecule has 7 nitrogen and oxygen atoms in total. The van der Waals surface area contributed by atoms with Gasteiger partial charge in [0.2, 0.25) is 0 Å². The lowest BCUT2D eigenvalue weighted by Gasteiger charge is -2.27. The second-order valence-electron chi connectivity index (χ2n) is 8.44. The number of benzene rings is 2. The van der Waals surface area contributed by atoms with Gasteiger partial charge in [-0.3, -0.25) is 0 Å². The van der Waals surface area contributed by atoms with Crippen LogP contribution in [-0.4, -0.2) is 56.5 Å². The number of hydrogen-bond donors (Lipinski definition) is 2. The molecule has 0 saturated heterocycles. The molecule has 1 heterocycles. The molecule has 3 aromatic rings. The standard InChI is InChI=1S/C24H28BrClFN3O4/c1-24(2,17-5-8-23(22(25)9-17)34-14-19(31)10-26)16-3-6-21(7-4-16)33-15-20(32)13-30-12-18(11-27)28-29-30/h3-9,12,19-20,31-32H,10-11,13-15H2,1-2H3/t19-,20+/m1/s1. The second-order valence-corrected chi connectivity index (χ2v) is 9.61. The molecule has 0 spiro atoms. The van der Waals surface area contributed by atoms with Crippen LogP contribution < -0.4 is 9.47 Å². The molecular weight excluding hydrogens is 529 g/mol. The lowest BCUT2D eigenvalue weighted by Crippen LogP contribution is -2.24. The van der Waals surface area contributed by atoms with Gasteiger partial charge in [-0.1, -0.05) is 37.3 Å². The third-order valence-electron chi connectivity index (χ3n) is 5.40. The Morgan fingerprint density at radius 2 is 1.74 bits per heavy atom. The fraction of sp³-hybridized carbons (Fsp3) is 0.417. The Labute approximate surface area is 211 Å². The predicted octanol–water partition coefficient (Wildman–Crippen LogP) is 4.25. The van der Waals surface area contributed by atoms with E-state index in [1.54, 1.807) is 0 Å². The van der Waals surface area contributed by atoms with Crippen LogP contribution in [0.1, 0.15) is 30.7 Å². The molecule has 1 aromatic heterocycles. The normalized spacial score (nSPS) is 13.5. The van der Waals surface area contributed by atoms with Crippen LogP contribution >= 0.6 is 27.5 Å². The maximum Gasteiger partial charge on any atom is 0.135 e. The van der Waals surface area contributed by atoms with Gasteiger partial charge >= 0.3 is 0 Å². The summed E-state index contributed by atoms with van der Waals surface area (Å²) < 4.78 is 26.1. The van der Waals surface area contributed by atoms with Gasteiger partial charge in [0.25, 0.3) is 0 Å². The lowest BCUT2D eigenvalue weighted by molar-refractivity contribution is 0.0888. The van der Waals surface area contributed by atoms with Gasteiger partial charge in [-0.2, -0.15) is 0 Å². The third kappa shape index (κ3) is 6.91. The number of alkyl halides is 2. The van der Waals surface area contributed by atoms with Gasteiger partial charge in [0.15, 0.2) is 0 Å². The quantitative estimate of drug-likeness (QED) is 0.324. The van der Waals surface area contributed by atoms with Gasteiger partial charge in [-0.15, -0.1) is 16.7 Å². The van der Waals surface area contributed by atoms with E-state index < -0.39 is 18.9 Å². The predicted molar refractivity (Wildman–Crippen MR) is 131 cm³/mol. The number of ether oxygens (including phenoxy) is 2. The molecule has 0 unspecified atom stereocenters. The summed E-state index contributed by atoms with van der Waals surface area (Å²) in [7, 11) is 0. The Bertz CT molecular complexity index is 1060. The molecular formula is C24H28BrClFN3O4. The van der Waals surface area contributed by atoms with E-state index in [0.29, 0.717) is 11.5 Å². The smallest absolute Gasteiger partial charge is 0.135 e. The van der Waals surface area contributed by atoms with Crippen molar-refractivity contribution >= 4 is 27.5 Å². The van der Waals surface area contributed by atoms with E-state index in [1.165, 1.54) is 10.9 Å². The van der Waals surface area contributed by atoms with E-state index in [-0.39, 0.29) is 36.7 Å². The van der Waals surface area contributed by atoms with Gasteiger partial charge in [-0.25, -0.2) is 9.07 Å². The fourth-order valence-corrected chi connectivity index (χ4v) is 3.90. The van der Waals surface area contributed by atoms with Crippen LogP contribution in [0.2, 0.25) is 0 Å². The van der Waals surface area contributed by atoms with Gasteiger partial charge < -0.3 is 19.7 Å².